The summed E-state index contributed by atoms with van der Waals surface area (Å²) in [5.41, 5.74) is 0.779. The van der Waals surface area contributed by atoms with Gasteiger partial charge in [0.2, 0.25) is 5.91 Å². The van der Waals surface area contributed by atoms with Crippen LogP contribution in [0.1, 0.15) is 28.9 Å². The summed E-state index contributed by atoms with van der Waals surface area (Å²) in [6, 6.07) is 13.4. The van der Waals surface area contributed by atoms with Gasteiger partial charge in [0.05, 0.1) is 17.5 Å². The molecule has 154 valence electrons. The Balaban J connectivity index is 1.68. The molecular weight excluding hydrogens is 388 g/mol. The number of hydrogen-bond donors (Lipinski definition) is 2. The zero-order valence-corrected chi connectivity index (χ0v) is 16.1. The number of rotatable bonds is 8. The summed E-state index contributed by atoms with van der Waals surface area (Å²) in [6.07, 6.45) is 2.96. The van der Waals surface area contributed by atoms with Crippen LogP contribution in [0.2, 0.25) is 0 Å². The fraction of sp³-hybridized carbons (Fsp3) is 0.200. The second kappa shape index (κ2) is 9.41. The van der Waals surface area contributed by atoms with Gasteiger partial charge in [-0.05, 0) is 18.6 Å². The van der Waals surface area contributed by atoms with Crippen LogP contribution in [0.4, 0.5) is 5.69 Å². The molecule has 0 aliphatic carbocycles. The number of nitro benzene ring substituents is 1. The third kappa shape index (κ3) is 5.25. The number of carbonyl (C=O) groups is 2. The molecule has 0 radical (unpaired) electrons. The van der Waals surface area contributed by atoms with E-state index in [0.717, 1.165) is 11.6 Å². The van der Waals surface area contributed by atoms with E-state index in [1.807, 2.05) is 30.3 Å². The molecule has 2 aromatic carbocycles. The molecule has 10 heteroatoms. The topological polar surface area (TPSA) is 132 Å². The number of aromatic nitrogens is 3. The molecule has 3 rings (SSSR count). The van der Waals surface area contributed by atoms with Crippen LogP contribution in [0.5, 0.6) is 0 Å². The third-order valence-electron chi connectivity index (χ3n) is 4.41. The van der Waals surface area contributed by atoms with Crippen LogP contribution >= 0.6 is 0 Å². The number of non-ortho nitro benzene ring substituents is 1. The van der Waals surface area contributed by atoms with Crippen LogP contribution in [0.3, 0.4) is 0 Å². The number of hydrogen-bond acceptors (Lipinski definition) is 6. The van der Waals surface area contributed by atoms with Crippen LogP contribution in [0.15, 0.2) is 67.3 Å². The highest BCUT2D eigenvalue weighted by Gasteiger charge is 2.22. The Morgan fingerprint density at radius 2 is 1.90 bits per heavy atom. The van der Waals surface area contributed by atoms with E-state index in [9.17, 15) is 19.7 Å². The van der Waals surface area contributed by atoms with Gasteiger partial charge in [0.15, 0.2) is 0 Å². The molecule has 0 aliphatic heterocycles. The van der Waals surface area contributed by atoms with Crippen molar-refractivity contribution in [1.29, 1.82) is 0 Å². The number of benzene rings is 2. The highest BCUT2D eigenvalue weighted by atomic mass is 16.6. The standard InChI is InChI=1S/C20H20N6O4/c1-14(23-20(28)16-8-5-9-17(10-16)26(29)30)19(27)24-18(11-25-13-21-12-22-25)15-6-3-2-4-7-15/h2-10,12-14,18H,11H2,1H3,(H,23,28)(H,24,27). The van der Waals surface area contributed by atoms with Crippen LogP contribution < -0.4 is 10.6 Å². The van der Waals surface area contributed by atoms with Crippen molar-refractivity contribution in [2.75, 3.05) is 0 Å². The smallest absolute Gasteiger partial charge is 0.270 e. The van der Waals surface area contributed by atoms with Gasteiger partial charge in [-0.15, -0.1) is 0 Å². The molecule has 2 atom stereocenters. The summed E-state index contributed by atoms with van der Waals surface area (Å²) in [7, 11) is 0. The quantitative estimate of drug-likeness (QED) is 0.432. The zero-order valence-electron chi connectivity index (χ0n) is 16.1. The lowest BCUT2D eigenvalue weighted by atomic mass is 10.1. The summed E-state index contributed by atoms with van der Waals surface area (Å²) in [4.78, 5) is 39.3. The number of amides is 2. The fourth-order valence-corrected chi connectivity index (χ4v) is 2.84. The first-order valence-corrected chi connectivity index (χ1v) is 9.17. The summed E-state index contributed by atoms with van der Waals surface area (Å²) in [5, 5.41) is 20.4. The Morgan fingerprint density at radius 1 is 1.13 bits per heavy atom. The van der Waals surface area contributed by atoms with Gasteiger partial charge in [-0.25, -0.2) is 4.98 Å². The molecule has 0 saturated heterocycles. The summed E-state index contributed by atoms with van der Waals surface area (Å²) >= 11 is 0. The van der Waals surface area contributed by atoms with Crippen LogP contribution in [-0.4, -0.2) is 37.5 Å². The van der Waals surface area contributed by atoms with Crippen molar-refractivity contribution in [2.45, 2.75) is 25.6 Å². The normalized spacial score (nSPS) is 12.6. The van der Waals surface area contributed by atoms with Gasteiger partial charge in [0, 0.05) is 17.7 Å². The maximum atomic E-state index is 12.7. The predicted molar refractivity (Wildman–Crippen MR) is 107 cm³/mol. The van der Waals surface area contributed by atoms with Gasteiger partial charge in [-0.1, -0.05) is 36.4 Å². The average molecular weight is 408 g/mol. The number of nitrogens with one attached hydrogen (secondary N) is 2. The van der Waals surface area contributed by atoms with Gasteiger partial charge >= 0.3 is 0 Å². The Morgan fingerprint density at radius 3 is 2.57 bits per heavy atom. The lowest BCUT2D eigenvalue weighted by Crippen LogP contribution is -2.46. The van der Waals surface area contributed by atoms with E-state index in [0.29, 0.717) is 6.54 Å². The molecule has 0 fully saturated rings. The maximum Gasteiger partial charge on any atom is 0.270 e. The molecule has 0 spiro atoms. The second-order valence-electron chi connectivity index (χ2n) is 6.59. The van der Waals surface area contributed by atoms with Crippen molar-refractivity contribution in [3.8, 4) is 0 Å². The molecule has 0 saturated carbocycles. The van der Waals surface area contributed by atoms with Gasteiger partial charge in [0.1, 0.15) is 18.7 Å². The number of carbonyl (C=O) groups excluding carboxylic acids is 2. The predicted octanol–water partition coefficient (Wildman–Crippen LogP) is 1.86. The van der Waals surface area contributed by atoms with Gasteiger partial charge in [-0.2, -0.15) is 5.10 Å². The second-order valence-corrected chi connectivity index (χ2v) is 6.59. The molecule has 2 amide bonds. The van der Waals surface area contributed by atoms with Gasteiger partial charge in [-0.3, -0.25) is 24.4 Å². The van der Waals surface area contributed by atoms with Crippen molar-refractivity contribution >= 4 is 17.5 Å². The van der Waals surface area contributed by atoms with Crippen molar-refractivity contribution < 1.29 is 14.5 Å². The van der Waals surface area contributed by atoms with E-state index in [1.165, 1.54) is 24.5 Å². The molecule has 1 aromatic heterocycles. The molecule has 3 aromatic rings. The van der Waals surface area contributed by atoms with E-state index in [-0.39, 0.29) is 11.3 Å². The van der Waals surface area contributed by atoms with E-state index >= 15 is 0 Å². The maximum absolute atomic E-state index is 12.7. The molecule has 1 heterocycles. The Kier molecular flexibility index (Phi) is 6.48. The monoisotopic (exact) mass is 408 g/mol. The van der Waals surface area contributed by atoms with Gasteiger partial charge < -0.3 is 10.6 Å². The molecule has 2 unspecified atom stereocenters. The molecule has 30 heavy (non-hydrogen) atoms. The SMILES string of the molecule is CC(NC(=O)c1cccc([N+](=O)[O-])c1)C(=O)NC(Cn1cncn1)c1ccccc1. The zero-order chi connectivity index (χ0) is 21.5. The third-order valence-corrected chi connectivity index (χ3v) is 4.41. The first kappa shape index (κ1) is 20.6. The van der Waals surface area contributed by atoms with Crippen molar-refractivity contribution in [2.24, 2.45) is 0 Å². The Bertz CT molecular complexity index is 1020. The Labute approximate surface area is 172 Å². The minimum absolute atomic E-state index is 0.103. The van der Waals surface area contributed by atoms with E-state index in [2.05, 4.69) is 20.7 Å². The van der Waals surface area contributed by atoms with Crippen LogP contribution in [0, 0.1) is 10.1 Å². The van der Waals surface area contributed by atoms with Gasteiger partial charge in [0.25, 0.3) is 11.6 Å². The summed E-state index contributed by atoms with van der Waals surface area (Å²) in [5.74, 6) is -0.975. The summed E-state index contributed by atoms with van der Waals surface area (Å²) < 4.78 is 1.60. The minimum atomic E-state index is -0.862. The van der Waals surface area contributed by atoms with Crippen LogP contribution in [0.25, 0.3) is 0 Å². The minimum Gasteiger partial charge on any atom is -0.346 e. The van der Waals surface area contributed by atoms with Crippen molar-refractivity contribution in [3.05, 3.63) is 88.5 Å². The van der Waals surface area contributed by atoms with Crippen LogP contribution in [-0.2, 0) is 11.3 Å². The summed E-state index contributed by atoms with van der Waals surface area (Å²) in [6.45, 7) is 1.91. The van der Waals surface area contributed by atoms with E-state index in [4.69, 9.17) is 0 Å². The average Bonchev–Trinajstić information content (AvgIpc) is 3.27. The Hall–Kier alpha value is -4.08. The molecule has 10 nitrogen and oxygen atoms in total. The van der Waals surface area contributed by atoms with E-state index in [1.54, 1.807) is 17.9 Å². The number of nitrogens with zero attached hydrogens (tertiary/aromatic N) is 4. The number of nitro groups is 1. The largest absolute Gasteiger partial charge is 0.346 e. The molecule has 2 N–H and O–H groups in total. The lowest BCUT2D eigenvalue weighted by Gasteiger charge is -2.22. The highest BCUT2D eigenvalue weighted by molar-refractivity contribution is 5.97. The first-order chi connectivity index (χ1) is 14.4. The molecular formula is C20H20N6O4. The molecule has 0 bridgehead atoms. The molecule has 0 aliphatic rings. The fourth-order valence-electron chi connectivity index (χ4n) is 2.84. The highest BCUT2D eigenvalue weighted by Crippen LogP contribution is 2.15. The first-order valence-electron chi connectivity index (χ1n) is 9.17. The van der Waals surface area contributed by atoms with Crippen molar-refractivity contribution in [3.63, 3.8) is 0 Å². The lowest BCUT2D eigenvalue weighted by molar-refractivity contribution is -0.384. The van der Waals surface area contributed by atoms with E-state index < -0.39 is 28.8 Å². The van der Waals surface area contributed by atoms with Crippen molar-refractivity contribution in [1.82, 2.24) is 25.4 Å².